The Bertz CT molecular complexity index is 1250. The standard InChI is InChI=1S/C28H25F5O2/c1-3-5-16-6-7-17(14-22(16)29)23-12-8-18(15-35-23)19-9-10-20(26(31)25(19)30)21-11-13-24(34-4-2)28(33)27(21)32/h3,5-7,9-11,13-14,18,23H,4,8,12,15H2,1-2H3. The molecule has 2 nitrogen and oxygen atoms in total. The number of ether oxygens (including phenoxy) is 2. The van der Waals surface area contributed by atoms with E-state index in [1.54, 1.807) is 38.1 Å². The predicted molar refractivity (Wildman–Crippen MR) is 125 cm³/mol. The van der Waals surface area contributed by atoms with E-state index in [0.717, 1.165) is 6.07 Å². The van der Waals surface area contributed by atoms with E-state index in [2.05, 4.69) is 0 Å². The predicted octanol–water partition coefficient (Wildman–Crippen LogP) is 8.12. The third-order valence-corrected chi connectivity index (χ3v) is 6.21. The normalized spacial score (nSPS) is 18.3. The second kappa shape index (κ2) is 10.6. The summed E-state index contributed by atoms with van der Waals surface area (Å²) in [5, 5.41) is 0. The minimum absolute atomic E-state index is 0.103. The van der Waals surface area contributed by atoms with Crippen LogP contribution in [0, 0.1) is 29.1 Å². The highest BCUT2D eigenvalue weighted by Crippen LogP contribution is 2.39. The number of rotatable bonds is 6. The Kier molecular flexibility index (Phi) is 7.55. The van der Waals surface area contributed by atoms with Crippen molar-refractivity contribution in [1.29, 1.82) is 0 Å². The lowest BCUT2D eigenvalue weighted by Gasteiger charge is -2.30. The van der Waals surface area contributed by atoms with Gasteiger partial charge in [-0.1, -0.05) is 36.4 Å². The van der Waals surface area contributed by atoms with Gasteiger partial charge in [-0.05, 0) is 56.0 Å². The van der Waals surface area contributed by atoms with E-state index >= 15 is 4.39 Å². The van der Waals surface area contributed by atoms with Crippen molar-refractivity contribution in [1.82, 2.24) is 0 Å². The second-order valence-corrected chi connectivity index (χ2v) is 8.38. The molecule has 1 aliphatic rings. The molecule has 3 aromatic carbocycles. The molecule has 0 N–H and O–H groups in total. The van der Waals surface area contributed by atoms with Gasteiger partial charge in [0.1, 0.15) is 5.82 Å². The molecule has 0 saturated carbocycles. The first-order valence-corrected chi connectivity index (χ1v) is 11.5. The largest absolute Gasteiger partial charge is 0.491 e. The van der Waals surface area contributed by atoms with E-state index < -0.39 is 34.8 Å². The summed E-state index contributed by atoms with van der Waals surface area (Å²) in [4.78, 5) is 0. The summed E-state index contributed by atoms with van der Waals surface area (Å²) in [6, 6.07) is 9.87. The molecule has 2 atom stereocenters. The first kappa shape index (κ1) is 24.9. The smallest absolute Gasteiger partial charge is 0.201 e. The van der Waals surface area contributed by atoms with Crippen LogP contribution in [0.3, 0.4) is 0 Å². The van der Waals surface area contributed by atoms with Crippen LogP contribution in [0.4, 0.5) is 22.0 Å². The number of benzene rings is 3. The molecule has 1 heterocycles. The highest BCUT2D eigenvalue weighted by molar-refractivity contribution is 5.67. The molecular weight excluding hydrogens is 463 g/mol. The van der Waals surface area contributed by atoms with Crippen molar-refractivity contribution in [2.75, 3.05) is 13.2 Å². The van der Waals surface area contributed by atoms with Crippen LogP contribution in [0.25, 0.3) is 17.2 Å². The Morgan fingerprint density at radius 2 is 1.60 bits per heavy atom. The van der Waals surface area contributed by atoms with Crippen molar-refractivity contribution in [3.63, 3.8) is 0 Å². The van der Waals surface area contributed by atoms with Gasteiger partial charge in [0.05, 0.1) is 19.3 Å². The summed E-state index contributed by atoms with van der Waals surface area (Å²) in [5.41, 5.74) is 0.496. The Hall–Kier alpha value is -3.19. The van der Waals surface area contributed by atoms with Crippen LogP contribution in [0.2, 0.25) is 0 Å². The van der Waals surface area contributed by atoms with Crippen LogP contribution >= 0.6 is 0 Å². The zero-order valence-electron chi connectivity index (χ0n) is 19.4. The Balaban J connectivity index is 1.52. The number of hydrogen-bond donors (Lipinski definition) is 0. The molecule has 0 radical (unpaired) electrons. The quantitative estimate of drug-likeness (QED) is 0.326. The molecule has 0 bridgehead atoms. The Morgan fingerprint density at radius 1 is 0.886 bits per heavy atom. The summed E-state index contributed by atoms with van der Waals surface area (Å²) in [7, 11) is 0. The van der Waals surface area contributed by atoms with Crippen molar-refractivity contribution in [3.8, 4) is 16.9 Å². The molecule has 1 saturated heterocycles. The van der Waals surface area contributed by atoms with E-state index in [-0.39, 0.29) is 42.0 Å². The van der Waals surface area contributed by atoms with Gasteiger partial charge < -0.3 is 9.47 Å². The van der Waals surface area contributed by atoms with Crippen molar-refractivity contribution in [2.24, 2.45) is 0 Å². The topological polar surface area (TPSA) is 18.5 Å². The minimum Gasteiger partial charge on any atom is -0.491 e. The Morgan fingerprint density at radius 3 is 2.23 bits per heavy atom. The lowest BCUT2D eigenvalue weighted by molar-refractivity contribution is 0.00148. The van der Waals surface area contributed by atoms with E-state index in [4.69, 9.17) is 9.47 Å². The van der Waals surface area contributed by atoms with Gasteiger partial charge in [-0.2, -0.15) is 4.39 Å². The van der Waals surface area contributed by atoms with Crippen LogP contribution in [-0.4, -0.2) is 13.2 Å². The summed E-state index contributed by atoms with van der Waals surface area (Å²) in [6.45, 7) is 3.67. The monoisotopic (exact) mass is 488 g/mol. The van der Waals surface area contributed by atoms with E-state index in [1.807, 2.05) is 0 Å². The van der Waals surface area contributed by atoms with Crippen molar-refractivity contribution >= 4 is 6.08 Å². The summed E-state index contributed by atoms with van der Waals surface area (Å²) in [5.74, 6) is -6.01. The average Bonchev–Trinajstić information content (AvgIpc) is 2.86. The molecule has 0 spiro atoms. The van der Waals surface area contributed by atoms with Crippen molar-refractivity contribution in [2.45, 2.75) is 38.7 Å². The molecular formula is C28H25F5O2. The fourth-order valence-corrected chi connectivity index (χ4v) is 4.41. The van der Waals surface area contributed by atoms with Crippen molar-refractivity contribution in [3.05, 3.63) is 94.3 Å². The highest BCUT2D eigenvalue weighted by atomic mass is 19.2. The maximum absolute atomic E-state index is 15.0. The van der Waals surface area contributed by atoms with Gasteiger partial charge in [0.15, 0.2) is 23.2 Å². The highest BCUT2D eigenvalue weighted by Gasteiger charge is 2.29. The molecule has 35 heavy (non-hydrogen) atoms. The zero-order valence-corrected chi connectivity index (χ0v) is 19.4. The van der Waals surface area contributed by atoms with Gasteiger partial charge in [-0.25, -0.2) is 17.6 Å². The number of halogens is 5. The lowest BCUT2D eigenvalue weighted by atomic mass is 9.88. The molecule has 7 heteroatoms. The minimum atomic E-state index is -1.31. The third kappa shape index (κ3) is 4.96. The first-order chi connectivity index (χ1) is 16.8. The van der Waals surface area contributed by atoms with Crippen LogP contribution in [0.15, 0.2) is 48.5 Å². The maximum atomic E-state index is 15.0. The molecule has 0 amide bonds. The molecule has 1 fully saturated rings. The maximum Gasteiger partial charge on any atom is 0.201 e. The fraction of sp³-hybridized carbons (Fsp3) is 0.286. The summed E-state index contributed by atoms with van der Waals surface area (Å²) in [6.07, 6.45) is 4.05. The molecule has 184 valence electrons. The van der Waals surface area contributed by atoms with Crippen LogP contribution in [0.5, 0.6) is 5.75 Å². The van der Waals surface area contributed by atoms with E-state index in [0.29, 0.717) is 24.0 Å². The van der Waals surface area contributed by atoms with Crippen LogP contribution in [-0.2, 0) is 4.74 Å². The molecule has 2 unspecified atom stereocenters. The van der Waals surface area contributed by atoms with E-state index in [1.165, 1.54) is 24.3 Å². The number of allylic oxidation sites excluding steroid dienone is 1. The molecule has 0 aromatic heterocycles. The van der Waals surface area contributed by atoms with Gasteiger partial charge in [-0.15, -0.1) is 0 Å². The van der Waals surface area contributed by atoms with Gasteiger partial charge >= 0.3 is 0 Å². The number of hydrogen-bond acceptors (Lipinski definition) is 2. The van der Waals surface area contributed by atoms with Crippen molar-refractivity contribution < 1.29 is 31.4 Å². The lowest BCUT2D eigenvalue weighted by Crippen LogP contribution is -2.20. The Labute approximate surface area is 201 Å². The molecule has 3 aromatic rings. The van der Waals surface area contributed by atoms with Gasteiger partial charge in [0.25, 0.3) is 0 Å². The van der Waals surface area contributed by atoms with E-state index in [9.17, 15) is 17.6 Å². The van der Waals surface area contributed by atoms with Gasteiger partial charge in [0, 0.05) is 22.6 Å². The van der Waals surface area contributed by atoms with Gasteiger partial charge in [-0.3, -0.25) is 0 Å². The third-order valence-electron chi connectivity index (χ3n) is 6.21. The fourth-order valence-electron chi connectivity index (χ4n) is 4.41. The van der Waals surface area contributed by atoms with Crippen LogP contribution < -0.4 is 4.74 Å². The zero-order chi connectivity index (χ0) is 25.1. The molecule has 0 aliphatic carbocycles. The first-order valence-electron chi connectivity index (χ1n) is 11.5. The molecule has 4 rings (SSSR count). The van der Waals surface area contributed by atoms with Crippen LogP contribution in [0.1, 0.15) is 55.4 Å². The van der Waals surface area contributed by atoms with Gasteiger partial charge in [0.2, 0.25) is 5.82 Å². The summed E-state index contributed by atoms with van der Waals surface area (Å²) >= 11 is 0. The SMILES string of the molecule is CC=Cc1ccc(C2CCC(c3ccc(-c4ccc(OCC)c(F)c4F)c(F)c3F)CO2)cc1F. The summed E-state index contributed by atoms with van der Waals surface area (Å²) < 4.78 is 83.9. The average molecular weight is 488 g/mol. The molecule has 1 aliphatic heterocycles. The second-order valence-electron chi connectivity index (χ2n) is 8.38.